The number of carbonyl (C=O) groups excluding carboxylic acids is 1. The van der Waals surface area contributed by atoms with Gasteiger partial charge in [-0.05, 0) is 12.0 Å². The van der Waals surface area contributed by atoms with Gasteiger partial charge >= 0.3 is 0 Å². The first kappa shape index (κ1) is 14.6. The van der Waals surface area contributed by atoms with Gasteiger partial charge in [0.2, 0.25) is 0 Å². The summed E-state index contributed by atoms with van der Waals surface area (Å²) < 4.78 is 31.8. The normalized spacial score (nSPS) is 12.6. The fourth-order valence-electron chi connectivity index (χ4n) is 1.67. The molecule has 0 heterocycles. The van der Waals surface area contributed by atoms with Crippen LogP contribution in [-0.4, -0.2) is 24.6 Å². The molecule has 0 aliphatic carbocycles. The zero-order valence-corrected chi connectivity index (χ0v) is 10.5. The molecule has 1 unspecified atom stereocenters. The number of aliphatic hydroxyl groups excluding tert-OH is 1. The Bertz CT molecular complexity index is 444. The van der Waals surface area contributed by atoms with Crippen molar-refractivity contribution in [3.05, 3.63) is 29.3 Å². The van der Waals surface area contributed by atoms with E-state index in [1.165, 1.54) is 7.11 Å². The third kappa shape index (κ3) is 2.85. The average Bonchev–Trinajstić information content (AvgIpc) is 2.31. The molecule has 1 N–H and O–H groups in total. The van der Waals surface area contributed by atoms with Gasteiger partial charge in [0.05, 0.1) is 19.3 Å². The number of hydrogen-bond acceptors (Lipinski definition) is 3. The molecule has 1 atom stereocenters. The first-order chi connectivity index (χ1) is 8.42. The van der Waals surface area contributed by atoms with Crippen LogP contribution in [-0.2, 0) is 0 Å². The smallest absolute Gasteiger partial charge is 0.171 e. The lowest BCUT2D eigenvalue weighted by atomic mass is 9.88. The number of hydrogen-bond donors (Lipinski definition) is 1. The van der Waals surface area contributed by atoms with Gasteiger partial charge in [0, 0.05) is 12.0 Å². The second kappa shape index (κ2) is 5.91. The molecule has 0 radical (unpaired) electrons. The Labute approximate surface area is 104 Å². The summed E-state index contributed by atoms with van der Waals surface area (Å²) in [5.74, 6) is -3.42. The van der Waals surface area contributed by atoms with Crippen LogP contribution in [0.25, 0.3) is 0 Å². The first-order valence-corrected chi connectivity index (χ1v) is 5.60. The molecule has 0 fully saturated rings. The number of carbonyl (C=O) groups is 1. The lowest BCUT2D eigenvalue weighted by Gasteiger charge is -2.17. The van der Waals surface area contributed by atoms with Gasteiger partial charge in [0.25, 0.3) is 0 Å². The molecule has 0 spiro atoms. The van der Waals surface area contributed by atoms with Gasteiger partial charge in [-0.3, -0.25) is 4.79 Å². The maximum atomic E-state index is 13.7. The maximum Gasteiger partial charge on any atom is 0.171 e. The number of methoxy groups -OCH3 is 1. The predicted octanol–water partition coefficient (Wildman–Crippen LogP) is 2.42. The predicted molar refractivity (Wildman–Crippen MR) is 62.7 cm³/mol. The number of benzene rings is 1. The van der Waals surface area contributed by atoms with Crippen molar-refractivity contribution < 1.29 is 23.4 Å². The Hall–Kier alpha value is -1.49. The van der Waals surface area contributed by atoms with Crippen LogP contribution >= 0.6 is 0 Å². The molecule has 0 aliphatic rings. The third-order valence-electron chi connectivity index (χ3n) is 2.85. The van der Waals surface area contributed by atoms with Crippen LogP contribution in [0.3, 0.4) is 0 Å². The Balaban J connectivity index is 3.17. The molecular weight excluding hydrogens is 242 g/mol. The number of halogens is 2. The van der Waals surface area contributed by atoms with Gasteiger partial charge in [-0.15, -0.1) is 0 Å². The number of rotatable bonds is 5. The van der Waals surface area contributed by atoms with Crippen molar-refractivity contribution in [2.24, 2.45) is 11.8 Å². The monoisotopic (exact) mass is 258 g/mol. The highest BCUT2D eigenvalue weighted by Gasteiger charge is 2.26. The minimum atomic E-state index is -0.850. The van der Waals surface area contributed by atoms with E-state index in [0.717, 1.165) is 12.1 Å². The van der Waals surface area contributed by atoms with Gasteiger partial charge in [0.1, 0.15) is 5.82 Å². The molecular formula is C13H16F2O3. The second-order valence-corrected chi connectivity index (χ2v) is 4.36. The standard InChI is InChI=1S/C13H16F2O3/c1-7(2)9(6-16)13(17)8-4-11(15)12(18-3)5-10(8)14/h4-5,7,9,16H,6H2,1-3H3. The summed E-state index contributed by atoms with van der Waals surface area (Å²) in [7, 11) is 1.21. The number of aliphatic hydroxyl groups is 1. The van der Waals surface area contributed by atoms with Gasteiger partial charge in [0.15, 0.2) is 17.3 Å². The largest absolute Gasteiger partial charge is 0.494 e. The molecule has 100 valence electrons. The van der Waals surface area contributed by atoms with Crippen molar-refractivity contribution in [3.63, 3.8) is 0 Å². The topological polar surface area (TPSA) is 46.5 Å². The fraction of sp³-hybridized carbons (Fsp3) is 0.462. The van der Waals surface area contributed by atoms with Crippen LogP contribution in [0.5, 0.6) is 5.75 Å². The van der Waals surface area contributed by atoms with Crippen molar-refractivity contribution in [1.29, 1.82) is 0 Å². The fourth-order valence-corrected chi connectivity index (χ4v) is 1.67. The zero-order chi connectivity index (χ0) is 13.9. The molecule has 0 saturated heterocycles. The Morgan fingerprint density at radius 2 is 1.94 bits per heavy atom. The van der Waals surface area contributed by atoms with Crippen molar-refractivity contribution in [2.45, 2.75) is 13.8 Å². The lowest BCUT2D eigenvalue weighted by molar-refractivity contribution is 0.0802. The van der Waals surface area contributed by atoms with E-state index in [9.17, 15) is 13.6 Å². The highest BCUT2D eigenvalue weighted by atomic mass is 19.1. The quantitative estimate of drug-likeness (QED) is 0.825. The van der Waals surface area contributed by atoms with E-state index >= 15 is 0 Å². The molecule has 1 rings (SSSR count). The SMILES string of the molecule is COc1cc(F)c(C(=O)C(CO)C(C)C)cc1F. The molecule has 18 heavy (non-hydrogen) atoms. The van der Waals surface area contributed by atoms with Crippen LogP contribution < -0.4 is 4.74 Å². The number of ether oxygens (including phenoxy) is 1. The summed E-state index contributed by atoms with van der Waals surface area (Å²) in [4.78, 5) is 12.0. The molecule has 5 heteroatoms. The molecule has 1 aromatic rings. The average molecular weight is 258 g/mol. The van der Waals surface area contributed by atoms with Crippen molar-refractivity contribution in [1.82, 2.24) is 0 Å². The maximum absolute atomic E-state index is 13.7. The van der Waals surface area contributed by atoms with E-state index < -0.39 is 29.9 Å². The molecule has 0 bridgehead atoms. The van der Waals surface area contributed by atoms with E-state index in [1.807, 2.05) is 0 Å². The number of Topliss-reactive ketones (excluding diaryl/α,β-unsaturated/α-hetero) is 1. The van der Waals surface area contributed by atoms with Crippen LogP contribution in [0.4, 0.5) is 8.78 Å². The molecule has 0 aliphatic heterocycles. The van der Waals surface area contributed by atoms with Gasteiger partial charge in [-0.2, -0.15) is 0 Å². The highest BCUT2D eigenvalue weighted by Crippen LogP contribution is 2.25. The van der Waals surface area contributed by atoms with Crippen molar-refractivity contribution >= 4 is 5.78 Å². The van der Waals surface area contributed by atoms with E-state index in [4.69, 9.17) is 5.11 Å². The molecule has 0 aromatic heterocycles. The Morgan fingerprint density at radius 1 is 1.33 bits per heavy atom. The second-order valence-electron chi connectivity index (χ2n) is 4.36. The number of ketones is 1. The van der Waals surface area contributed by atoms with Crippen LogP contribution in [0.1, 0.15) is 24.2 Å². The van der Waals surface area contributed by atoms with Gasteiger partial charge in [-0.1, -0.05) is 13.8 Å². The lowest BCUT2D eigenvalue weighted by Crippen LogP contribution is -2.25. The Morgan fingerprint density at radius 3 is 2.39 bits per heavy atom. The van der Waals surface area contributed by atoms with E-state index in [0.29, 0.717) is 0 Å². The zero-order valence-electron chi connectivity index (χ0n) is 10.5. The van der Waals surface area contributed by atoms with Crippen LogP contribution in [0.15, 0.2) is 12.1 Å². The third-order valence-corrected chi connectivity index (χ3v) is 2.85. The summed E-state index contributed by atoms with van der Waals surface area (Å²) in [6, 6.07) is 1.64. The van der Waals surface area contributed by atoms with Crippen molar-refractivity contribution in [3.8, 4) is 5.75 Å². The minimum absolute atomic E-state index is 0.160. The molecule has 0 saturated carbocycles. The van der Waals surface area contributed by atoms with E-state index in [2.05, 4.69) is 4.74 Å². The first-order valence-electron chi connectivity index (χ1n) is 5.60. The summed E-state index contributed by atoms with van der Waals surface area (Å²) in [5.41, 5.74) is -0.360. The highest BCUT2D eigenvalue weighted by molar-refractivity contribution is 5.98. The van der Waals surface area contributed by atoms with Gasteiger partial charge in [-0.25, -0.2) is 8.78 Å². The van der Waals surface area contributed by atoms with E-state index in [-0.39, 0.29) is 17.2 Å². The van der Waals surface area contributed by atoms with Crippen LogP contribution in [0.2, 0.25) is 0 Å². The molecule has 3 nitrogen and oxygen atoms in total. The molecule has 0 amide bonds. The molecule has 1 aromatic carbocycles. The summed E-state index contributed by atoms with van der Waals surface area (Å²) in [5, 5.41) is 9.13. The summed E-state index contributed by atoms with van der Waals surface area (Å²) in [6.45, 7) is 3.07. The van der Waals surface area contributed by atoms with E-state index in [1.54, 1.807) is 13.8 Å². The Kier molecular flexibility index (Phi) is 4.78. The summed E-state index contributed by atoms with van der Waals surface area (Å²) in [6.07, 6.45) is 0. The summed E-state index contributed by atoms with van der Waals surface area (Å²) >= 11 is 0. The van der Waals surface area contributed by atoms with Gasteiger partial charge < -0.3 is 9.84 Å². The van der Waals surface area contributed by atoms with Crippen LogP contribution in [0, 0.1) is 23.5 Å². The minimum Gasteiger partial charge on any atom is -0.494 e. The van der Waals surface area contributed by atoms with Crippen molar-refractivity contribution in [2.75, 3.05) is 13.7 Å².